The summed E-state index contributed by atoms with van der Waals surface area (Å²) < 4.78 is 0. The maximum atomic E-state index is 5.67. The van der Waals surface area contributed by atoms with E-state index in [1.54, 1.807) is 0 Å². The predicted molar refractivity (Wildman–Crippen MR) is 56.0 cm³/mol. The molecule has 1 unspecified atom stereocenters. The number of rotatable bonds is 7. The molecule has 0 aliphatic carbocycles. The van der Waals surface area contributed by atoms with Gasteiger partial charge in [-0.3, -0.25) is 0 Å². The number of alkyl halides is 1. The highest BCUT2D eigenvalue weighted by Gasteiger charge is 2.03. The summed E-state index contributed by atoms with van der Waals surface area (Å²) in [5.41, 5.74) is 0. The molecule has 74 valence electrons. The molecule has 0 bridgehead atoms. The molecule has 0 spiro atoms. The highest BCUT2D eigenvalue weighted by atomic mass is 35.5. The van der Waals surface area contributed by atoms with Crippen molar-refractivity contribution in [3.63, 3.8) is 0 Å². The molecule has 0 radical (unpaired) electrons. The van der Waals surface area contributed by atoms with Crippen LogP contribution in [-0.2, 0) is 0 Å². The Morgan fingerprint density at radius 1 is 1.42 bits per heavy atom. The minimum absolute atomic E-state index is 0.599. The van der Waals surface area contributed by atoms with E-state index >= 15 is 0 Å². The Morgan fingerprint density at radius 2 is 2.08 bits per heavy atom. The zero-order chi connectivity index (χ0) is 9.40. The Morgan fingerprint density at radius 3 is 2.50 bits per heavy atom. The van der Waals surface area contributed by atoms with E-state index in [2.05, 4.69) is 31.2 Å². The first kappa shape index (κ1) is 12.2. The number of likely N-dealkylation sites (N-methyl/N-ethyl adjacent to an activating group) is 1. The Bertz CT molecular complexity index is 96.5. The molecule has 0 saturated heterocycles. The lowest BCUT2D eigenvalue weighted by molar-refractivity contribution is 0.377. The molecule has 0 rings (SSSR count). The zero-order valence-corrected chi connectivity index (χ0v) is 9.19. The first-order chi connectivity index (χ1) is 5.70. The summed E-state index contributed by atoms with van der Waals surface area (Å²) in [5.74, 6) is 0.757. The molecule has 0 aromatic rings. The van der Waals surface area contributed by atoms with Crippen molar-refractivity contribution < 1.29 is 0 Å². The van der Waals surface area contributed by atoms with Crippen LogP contribution in [0, 0.1) is 0 Å². The van der Waals surface area contributed by atoms with E-state index in [1.165, 1.54) is 6.42 Å². The summed E-state index contributed by atoms with van der Waals surface area (Å²) in [5, 5.41) is 3.48. The number of nitrogens with one attached hydrogen (secondary N) is 1. The highest BCUT2D eigenvalue weighted by Crippen LogP contribution is 1.98. The van der Waals surface area contributed by atoms with Crippen molar-refractivity contribution in [1.29, 1.82) is 0 Å². The first-order valence-electron chi connectivity index (χ1n) is 4.64. The van der Waals surface area contributed by atoms with E-state index < -0.39 is 0 Å². The third kappa shape index (κ3) is 6.89. The standard InChI is InChI=1S/C9H21ClN2/c1-4-9(5-6-10)11-7-8-12(2)3/h9,11H,4-8H2,1-3H3. The summed E-state index contributed by atoms with van der Waals surface area (Å²) >= 11 is 5.67. The van der Waals surface area contributed by atoms with Crippen molar-refractivity contribution in [2.45, 2.75) is 25.8 Å². The van der Waals surface area contributed by atoms with Crippen molar-refractivity contribution in [1.82, 2.24) is 10.2 Å². The Hall–Kier alpha value is 0.210. The predicted octanol–water partition coefficient (Wildman–Crippen LogP) is 1.55. The maximum Gasteiger partial charge on any atom is 0.0238 e. The van der Waals surface area contributed by atoms with Gasteiger partial charge in [0, 0.05) is 25.0 Å². The van der Waals surface area contributed by atoms with Gasteiger partial charge in [-0.15, -0.1) is 11.6 Å². The van der Waals surface area contributed by atoms with E-state index in [0.717, 1.165) is 25.4 Å². The summed E-state index contributed by atoms with van der Waals surface area (Å²) in [6.45, 7) is 4.35. The molecule has 12 heavy (non-hydrogen) atoms. The van der Waals surface area contributed by atoms with Gasteiger partial charge in [0.25, 0.3) is 0 Å². The SMILES string of the molecule is CCC(CCCl)NCCN(C)C. The minimum Gasteiger partial charge on any atom is -0.313 e. The Labute approximate surface area is 81.3 Å². The average Bonchev–Trinajstić information content (AvgIpc) is 2.02. The molecule has 0 heterocycles. The van der Waals surface area contributed by atoms with Gasteiger partial charge in [-0.2, -0.15) is 0 Å². The monoisotopic (exact) mass is 192 g/mol. The van der Waals surface area contributed by atoms with Crippen molar-refractivity contribution in [3.8, 4) is 0 Å². The topological polar surface area (TPSA) is 15.3 Å². The fourth-order valence-electron chi connectivity index (χ4n) is 1.07. The van der Waals surface area contributed by atoms with E-state index in [1.807, 2.05) is 0 Å². The van der Waals surface area contributed by atoms with Gasteiger partial charge in [-0.25, -0.2) is 0 Å². The van der Waals surface area contributed by atoms with Gasteiger partial charge in [0.15, 0.2) is 0 Å². The number of nitrogens with zero attached hydrogens (tertiary/aromatic N) is 1. The summed E-state index contributed by atoms with van der Waals surface area (Å²) in [6.07, 6.45) is 2.24. The molecule has 3 heteroatoms. The first-order valence-corrected chi connectivity index (χ1v) is 5.18. The number of hydrogen-bond donors (Lipinski definition) is 1. The highest BCUT2D eigenvalue weighted by molar-refractivity contribution is 6.17. The second-order valence-corrected chi connectivity index (χ2v) is 3.72. The molecule has 1 N–H and O–H groups in total. The van der Waals surface area contributed by atoms with Crippen LogP contribution in [0.25, 0.3) is 0 Å². The molecule has 0 aromatic heterocycles. The molecule has 0 aliphatic heterocycles. The normalized spacial score (nSPS) is 13.8. The van der Waals surface area contributed by atoms with Crippen molar-refractivity contribution in [2.75, 3.05) is 33.1 Å². The second kappa shape index (κ2) is 7.84. The molecule has 2 nitrogen and oxygen atoms in total. The fourth-order valence-corrected chi connectivity index (χ4v) is 1.34. The van der Waals surface area contributed by atoms with Gasteiger partial charge >= 0.3 is 0 Å². The van der Waals surface area contributed by atoms with Crippen LogP contribution >= 0.6 is 11.6 Å². The fraction of sp³-hybridized carbons (Fsp3) is 1.00. The van der Waals surface area contributed by atoms with Gasteiger partial charge in [0.05, 0.1) is 0 Å². The van der Waals surface area contributed by atoms with Crippen LogP contribution in [0.4, 0.5) is 0 Å². The third-order valence-electron chi connectivity index (χ3n) is 1.94. The molecule has 0 amide bonds. The number of hydrogen-bond acceptors (Lipinski definition) is 2. The van der Waals surface area contributed by atoms with E-state index in [9.17, 15) is 0 Å². The van der Waals surface area contributed by atoms with Crippen LogP contribution in [0.15, 0.2) is 0 Å². The minimum atomic E-state index is 0.599. The lowest BCUT2D eigenvalue weighted by Gasteiger charge is -2.17. The smallest absolute Gasteiger partial charge is 0.0238 e. The summed E-state index contributed by atoms with van der Waals surface area (Å²) in [6, 6.07) is 0.599. The van der Waals surface area contributed by atoms with Gasteiger partial charge in [-0.05, 0) is 26.9 Å². The van der Waals surface area contributed by atoms with E-state index in [4.69, 9.17) is 11.6 Å². The molecular weight excluding hydrogens is 172 g/mol. The number of halogens is 1. The van der Waals surface area contributed by atoms with Crippen LogP contribution in [-0.4, -0.2) is 44.0 Å². The largest absolute Gasteiger partial charge is 0.313 e. The van der Waals surface area contributed by atoms with Crippen LogP contribution in [0.2, 0.25) is 0 Å². The van der Waals surface area contributed by atoms with Crippen LogP contribution < -0.4 is 5.32 Å². The van der Waals surface area contributed by atoms with Gasteiger partial charge in [0.2, 0.25) is 0 Å². The van der Waals surface area contributed by atoms with Gasteiger partial charge < -0.3 is 10.2 Å². The summed E-state index contributed by atoms with van der Waals surface area (Å²) in [7, 11) is 4.17. The van der Waals surface area contributed by atoms with Crippen LogP contribution in [0.3, 0.4) is 0 Å². The zero-order valence-electron chi connectivity index (χ0n) is 8.44. The lowest BCUT2D eigenvalue weighted by atomic mass is 10.2. The average molecular weight is 193 g/mol. The van der Waals surface area contributed by atoms with Crippen molar-refractivity contribution in [2.24, 2.45) is 0 Å². The molecule has 0 saturated carbocycles. The Balaban J connectivity index is 3.31. The molecule has 1 atom stereocenters. The van der Waals surface area contributed by atoms with Crippen LogP contribution in [0.5, 0.6) is 0 Å². The van der Waals surface area contributed by atoms with Crippen molar-refractivity contribution in [3.05, 3.63) is 0 Å². The van der Waals surface area contributed by atoms with Crippen LogP contribution in [0.1, 0.15) is 19.8 Å². The molecule has 0 fully saturated rings. The maximum absolute atomic E-state index is 5.67. The Kier molecular flexibility index (Phi) is 7.98. The molecule has 0 aliphatic rings. The third-order valence-corrected chi connectivity index (χ3v) is 2.16. The van der Waals surface area contributed by atoms with E-state index in [0.29, 0.717) is 6.04 Å². The second-order valence-electron chi connectivity index (χ2n) is 3.34. The van der Waals surface area contributed by atoms with Gasteiger partial charge in [0.1, 0.15) is 0 Å². The molecular formula is C9H21ClN2. The quantitative estimate of drug-likeness (QED) is 0.616. The summed E-state index contributed by atoms with van der Waals surface area (Å²) in [4.78, 5) is 2.18. The van der Waals surface area contributed by atoms with Crippen molar-refractivity contribution >= 4 is 11.6 Å². The molecule has 0 aromatic carbocycles. The van der Waals surface area contributed by atoms with Gasteiger partial charge in [-0.1, -0.05) is 6.92 Å². The van der Waals surface area contributed by atoms with E-state index in [-0.39, 0.29) is 0 Å². The lowest BCUT2D eigenvalue weighted by Crippen LogP contribution is -2.34.